The van der Waals surface area contributed by atoms with Gasteiger partial charge in [-0.05, 0) is 42.7 Å². The second kappa shape index (κ2) is 6.53. The highest BCUT2D eigenvalue weighted by Gasteiger charge is 2.09. The molecule has 0 heterocycles. The first kappa shape index (κ1) is 14.5. The summed E-state index contributed by atoms with van der Waals surface area (Å²) >= 11 is 0. The number of hydrogen-bond donors (Lipinski definition) is 1. The average Bonchev–Trinajstić information content (AvgIpc) is 2.45. The average molecular weight is 272 g/mol. The van der Waals surface area contributed by atoms with Crippen molar-refractivity contribution in [2.24, 2.45) is 5.73 Å². The van der Waals surface area contributed by atoms with E-state index in [2.05, 4.69) is 31.0 Å². The van der Waals surface area contributed by atoms with Crippen molar-refractivity contribution in [3.63, 3.8) is 0 Å². The first-order valence-corrected chi connectivity index (χ1v) is 6.86. The molecule has 106 valence electrons. The van der Waals surface area contributed by atoms with Crippen LogP contribution in [-0.2, 0) is 0 Å². The maximum absolute atomic E-state index is 13.2. The van der Waals surface area contributed by atoms with Crippen LogP contribution in [0.5, 0.6) is 0 Å². The van der Waals surface area contributed by atoms with E-state index in [9.17, 15) is 4.39 Å². The van der Waals surface area contributed by atoms with Crippen molar-refractivity contribution in [1.82, 2.24) is 0 Å². The van der Waals surface area contributed by atoms with Crippen LogP contribution in [0.1, 0.15) is 23.6 Å². The molecular weight excluding hydrogens is 251 g/mol. The first-order chi connectivity index (χ1) is 9.58. The number of nitrogens with zero attached hydrogens (tertiary/aromatic N) is 1. The van der Waals surface area contributed by atoms with Gasteiger partial charge in [-0.25, -0.2) is 4.39 Å². The third kappa shape index (κ3) is 3.58. The number of hydrogen-bond acceptors (Lipinski definition) is 2. The van der Waals surface area contributed by atoms with E-state index in [-0.39, 0.29) is 11.9 Å². The van der Waals surface area contributed by atoms with Gasteiger partial charge in [-0.1, -0.05) is 30.3 Å². The lowest BCUT2D eigenvalue weighted by molar-refractivity contribution is 0.608. The fourth-order valence-corrected chi connectivity index (χ4v) is 2.35. The van der Waals surface area contributed by atoms with Crippen LogP contribution < -0.4 is 10.6 Å². The van der Waals surface area contributed by atoms with Gasteiger partial charge in [0, 0.05) is 25.3 Å². The van der Waals surface area contributed by atoms with E-state index in [1.54, 1.807) is 6.07 Å². The van der Waals surface area contributed by atoms with E-state index in [1.807, 2.05) is 18.2 Å². The summed E-state index contributed by atoms with van der Waals surface area (Å²) in [7, 11) is 2.06. The largest absolute Gasteiger partial charge is 0.374 e. The Balaban J connectivity index is 1.97. The number of benzene rings is 2. The van der Waals surface area contributed by atoms with Crippen LogP contribution in [0.25, 0.3) is 0 Å². The molecular formula is C17H21FN2. The zero-order chi connectivity index (χ0) is 14.5. The Kier molecular flexibility index (Phi) is 4.74. The fraction of sp³-hybridized carbons (Fsp3) is 0.294. The van der Waals surface area contributed by atoms with Crippen molar-refractivity contribution in [3.8, 4) is 0 Å². The Labute approximate surface area is 120 Å². The van der Waals surface area contributed by atoms with E-state index in [1.165, 1.54) is 23.4 Å². The van der Waals surface area contributed by atoms with Gasteiger partial charge in [0.1, 0.15) is 5.82 Å². The highest BCUT2D eigenvalue weighted by Crippen LogP contribution is 2.20. The Morgan fingerprint density at radius 1 is 1.15 bits per heavy atom. The number of halogens is 1. The molecule has 0 saturated heterocycles. The first-order valence-electron chi connectivity index (χ1n) is 6.86. The summed E-state index contributed by atoms with van der Waals surface area (Å²) < 4.78 is 13.2. The highest BCUT2D eigenvalue weighted by molar-refractivity contribution is 5.52. The van der Waals surface area contributed by atoms with Crippen LogP contribution in [0.2, 0.25) is 0 Å². The molecule has 0 radical (unpaired) electrons. The lowest BCUT2D eigenvalue weighted by Crippen LogP contribution is -2.23. The van der Waals surface area contributed by atoms with E-state index < -0.39 is 0 Å². The molecule has 2 aromatic rings. The molecule has 0 bridgehead atoms. The van der Waals surface area contributed by atoms with Crippen LogP contribution in [0.3, 0.4) is 0 Å². The van der Waals surface area contributed by atoms with E-state index >= 15 is 0 Å². The van der Waals surface area contributed by atoms with E-state index in [0.29, 0.717) is 0 Å². The van der Waals surface area contributed by atoms with Crippen molar-refractivity contribution in [1.29, 1.82) is 0 Å². The Morgan fingerprint density at radius 2 is 1.90 bits per heavy atom. The minimum atomic E-state index is -0.231. The highest BCUT2D eigenvalue weighted by atomic mass is 19.1. The van der Waals surface area contributed by atoms with Gasteiger partial charge in [0.25, 0.3) is 0 Å². The number of aryl methyl sites for hydroxylation is 1. The molecule has 2 N–H and O–H groups in total. The van der Waals surface area contributed by atoms with Crippen LogP contribution in [-0.4, -0.2) is 13.6 Å². The maximum Gasteiger partial charge on any atom is 0.123 e. The van der Waals surface area contributed by atoms with Gasteiger partial charge in [-0.2, -0.15) is 0 Å². The summed E-state index contributed by atoms with van der Waals surface area (Å²) in [5.41, 5.74) is 9.44. The molecule has 0 aliphatic heterocycles. The van der Waals surface area contributed by atoms with Gasteiger partial charge in [-0.15, -0.1) is 0 Å². The smallest absolute Gasteiger partial charge is 0.123 e. The van der Waals surface area contributed by atoms with E-state index in [4.69, 9.17) is 5.73 Å². The van der Waals surface area contributed by atoms with Crippen LogP contribution in [0.4, 0.5) is 10.1 Å². The number of anilines is 1. The number of nitrogens with two attached hydrogens (primary N) is 1. The predicted molar refractivity (Wildman–Crippen MR) is 82.4 cm³/mol. The molecule has 2 nitrogen and oxygen atoms in total. The quantitative estimate of drug-likeness (QED) is 0.900. The summed E-state index contributed by atoms with van der Waals surface area (Å²) in [4.78, 5) is 2.19. The zero-order valence-corrected chi connectivity index (χ0v) is 12.0. The van der Waals surface area contributed by atoms with Gasteiger partial charge >= 0.3 is 0 Å². The third-order valence-corrected chi connectivity index (χ3v) is 3.58. The van der Waals surface area contributed by atoms with Crippen molar-refractivity contribution in [2.75, 3.05) is 18.5 Å². The molecule has 3 heteroatoms. The van der Waals surface area contributed by atoms with Gasteiger partial charge < -0.3 is 10.6 Å². The molecule has 20 heavy (non-hydrogen) atoms. The normalized spacial score (nSPS) is 12.2. The predicted octanol–water partition coefficient (Wildman–Crippen LogP) is 3.66. The second-order valence-corrected chi connectivity index (χ2v) is 5.16. The lowest BCUT2D eigenvalue weighted by Gasteiger charge is -2.23. The standard InChI is InChI=1S/C17H21FN2/c1-13-6-3-4-9-17(13)20(2)11-10-16(19)14-7-5-8-15(18)12-14/h3-9,12,16H,10-11,19H2,1-2H3. The summed E-state index contributed by atoms with van der Waals surface area (Å²) in [6, 6.07) is 14.7. The Hall–Kier alpha value is -1.87. The number of rotatable bonds is 5. The molecule has 2 rings (SSSR count). The molecule has 0 saturated carbocycles. The molecule has 0 fully saturated rings. The third-order valence-electron chi connectivity index (χ3n) is 3.58. The van der Waals surface area contributed by atoms with E-state index in [0.717, 1.165) is 18.5 Å². The zero-order valence-electron chi connectivity index (χ0n) is 12.0. The van der Waals surface area contributed by atoms with Gasteiger partial charge in [0.05, 0.1) is 0 Å². The minimum absolute atomic E-state index is 0.142. The fourth-order valence-electron chi connectivity index (χ4n) is 2.35. The SMILES string of the molecule is Cc1ccccc1N(C)CCC(N)c1cccc(F)c1. The lowest BCUT2D eigenvalue weighted by atomic mass is 10.0. The Morgan fingerprint density at radius 3 is 2.60 bits per heavy atom. The van der Waals surface area contributed by atoms with Crippen LogP contribution in [0.15, 0.2) is 48.5 Å². The van der Waals surface area contributed by atoms with Gasteiger partial charge in [0.2, 0.25) is 0 Å². The van der Waals surface area contributed by atoms with Gasteiger partial charge in [0.15, 0.2) is 0 Å². The summed E-state index contributed by atoms with van der Waals surface area (Å²) in [5.74, 6) is -0.231. The van der Waals surface area contributed by atoms with Gasteiger partial charge in [-0.3, -0.25) is 0 Å². The minimum Gasteiger partial charge on any atom is -0.374 e. The molecule has 1 atom stereocenters. The van der Waals surface area contributed by atoms with Crippen molar-refractivity contribution < 1.29 is 4.39 Å². The molecule has 0 aromatic heterocycles. The van der Waals surface area contributed by atoms with Crippen molar-refractivity contribution >= 4 is 5.69 Å². The molecule has 0 aliphatic rings. The molecule has 0 aliphatic carbocycles. The molecule has 2 aromatic carbocycles. The van der Waals surface area contributed by atoms with Crippen molar-refractivity contribution in [2.45, 2.75) is 19.4 Å². The van der Waals surface area contributed by atoms with Crippen molar-refractivity contribution in [3.05, 3.63) is 65.5 Å². The summed E-state index contributed by atoms with van der Waals surface area (Å²) in [5, 5.41) is 0. The molecule has 1 unspecified atom stereocenters. The Bertz CT molecular complexity index is 568. The summed E-state index contributed by atoms with van der Waals surface area (Å²) in [6.07, 6.45) is 0.786. The molecule has 0 spiro atoms. The maximum atomic E-state index is 13.2. The second-order valence-electron chi connectivity index (χ2n) is 5.16. The monoisotopic (exact) mass is 272 g/mol. The molecule has 0 amide bonds. The summed E-state index contributed by atoms with van der Waals surface area (Å²) in [6.45, 7) is 2.93. The topological polar surface area (TPSA) is 29.3 Å². The van der Waals surface area contributed by atoms with Crippen LogP contribution in [0, 0.1) is 12.7 Å². The number of para-hydroxylation sites is 1. The van der Waals surface area contributed by atoms with Crippen LogP contribution >= 0.6 is 0 Å².